The van der Waals surface area contributed by atoms with Crippen molar-refractivity contribution < 1.29 is 9.47 Å². The number of methoxy groups -OCH3 is 1. The van der Waals surface area contributed by atoms with E-state index < -0.39 is 0 Å². The molecule has 3 unspecified atom stereocenters. The Balaban J connectivity index is 1.32. The number of thioether (sulfide) groups is 1. The number of aromatic nitrogens is 1. The van der Waals surface area contributed by atoms with Crippen molar-refractivity contribution in [3.8, 4) is 11.6 Å². The standard InChI is InChI=1S/C21H28N4O2S/c1-13-9-17(26-4)10-20(22-13)27-12-16-7-8-25(11-16)14(2)18-5-6-19-21(24-18)23-15(3)28-19/h5-6,9-10,14,16,19,21H,7-8,11-12H2,1-4H3/t14?,16-,19?,21?/m1/s1. The normalized spacial score (nSPS) is 27.9. The van der Waals surface area contributed by atoms with Crippen LogP contribution in [0.15, 0.2) is 34.3 Å². The van der Waals surface area contributed by atoms with Crippen LogP contribution >= 0.6 is 11.8 Å². The number of rotatable bonds is 6. The van der Waals surface area contributed by atoms with E-state index in [1.54, 1.807) is 7.11 Å². The number of likely N-dealkylation sites (tertiary alicyclic amines) is 1. The summed E-state index contributed by atoms with van der Waals surface area (Å²) < 4.78 is 11.3. The van der Waals surface area contributed by atoms with Crippen LogP contribution < -0.4 is 9.47 Å². The molecule has 0 bridgehead atoms. The molecule has 3 aliphatic heterocycles. The quantitative estimate of drug-likeness (QED) is 0.733. The summed E-state index contributed by atoms with van der Waals surface area (Å²) in [6, 6.07) is 4.06. The third-order valence-electron chi connectivity index (χ3n) is 5.55. The Morgan fingerprint density at radius 1 is 1.29 bits per heavy atom. The highest BCUT2D eigenvalue weighted by Crippen LogP contribution is 2.32. The first-order valence-electron chi connectivity index (χ1n) is 9.88. The maximum Gasteiger partial charge on any atom is 0.217 e. The minimum absolute atomic E-state index is 0.0663. The molecular weight excluding hydrogens is 372 g/mol. The molecule has 4 heterocycles. The molecule has 7 heteroatoms. The Morgan fingerprint density at radius 3 is 2.96 bits per heavy atom. The van der Waals surface area contributed by atoms with Crippen molar-refractivity contribution in [1.82, 2.24) is 9.88 Å². The van der Waals surface area contributed by atoms with Gasteiger partial charge in [-0.15, -0.1) is 0 Å². The molecule has 150 valence electrons. The molecule has 4 atom stereocenters. The highest BCUT2D eigenvalue weighted by molar-refractivity contribution is 8.14. The van der Waals surface area contributed by atoms with E-state index in [0.29, 0.717) is 29.7 Å². The van der Waals surface area contributed by atoms with Crippen molar-refractivity contribution in [2.45, 2.75) is 44.6 Å². The van der Waals surface area contributed by atoms with Crippen molar-refractivity contribution in [2.24, 2.45) is 15.9 Å². The lowest BCUT2D eigenvalue weighted by Crippen LogP contribution is -2.39. The molecule has 0 spiro atoms. The van der Waals surface area contributed by atoms with Gasteiger partial charge < -0.3 is 9.47 Å². The zero-order valence-electron chi connectivity index (χ0n) is 17.0. The summed E-state index contributed by atoms with van der Waals surface area (Å²) in [7, 11) is 1.66. The average molecular weight is 401 g/mol. The van der Waals surface area contributed by atoms with Crippen molar-refractivity contribution in [1.29, 1.82) is 0 Å². The van der Waals surface area contributed by atoms with E-state index in [1.165, 1.54) is 0 Å². The zero-order chi connectivity index (χ0) is 19.7. The lowest BCUT2D eigenvalue weighted by atomic mass is 10.1. The molecule has 6 nitrogen and oxygen atoms in total. The van der Waals surface area contributed by atoms with Crippen molar-refractivity contribution in [2.75, 3.05) is 26.8 Å². The van der Waals surface area contributed by atoms with Crippen LogP contribution in [0.25, 0.3) is 0 Å². The fraction of sp³-hybridized carbons (Fsp3) is 0.571. The molecule has 1 saturated heterocycles. The van der Waals surface area contributed by atoms with E-state index in [0.717, 1.165) is 41.7 Å². The number of ether oxygens (including phenoxy) is 2. The van der Waals surface area contributed by atoms with Crippen LogP contribution in [0.2, 0.25) is 0 Å². The van der Waals surface area contributed by atoms with Gasteiger partial charge in [-0.25, -0.2) is 4.98 Å². The van der Waals surface area contributed by atoms with Gasteiger partial charge in [0.15, 0.2) is 6.17 Å². The molecule has 0 saturated carbocycles. The molecule has 0 aliphatic carbocycles. The largest absolute Gasteiger partial charge is 0.496 e. The van der Waals surface area contributed by atoms with Crippen LogP contribution in [-0.4, -0.2) is 64.9 Å². The van der Waals surface area contributed by atoms with Crippen LogP contribution in [0, 0.1) is 12.8 Å². The Kier molecular flexibility index (Phi) is 5.73. The van der Waals surface area contributed by atoms with E-state index in [9.17, 15) is 0 Å². The number of fused-ring (bicyclic) bond motifs is 1. The third-order valence-corrected chi connectivity index (χ3v) is 6.67. The highest BCUT2D eigenvalue weighted by atomic mass is 32.2. The molecule has 3 aliphatic rings. The first-order valence-corrected chi connectivity index (χ1v) is 10.8. The maximum absolute atomic E-state index is 5.97. The van der Waals surface area contributed by atoms with E-state index in [-0.39, 0.29) is 6.17 Å². The van der Waals surface area contributed by atoms with E-state index in [2.05, 4.69) is 40.9 Å². The summed E-state index contributed by atoms with van der Waals surface area (Å²) in [5, 5.41) is 1.52. The molecular formula is C21H28N4O2S. The molecule has 0 radical (unpaired) electrons. The van der Waals surface area contributed by atoms with Crippen molar-refractivity contribution >= 4 is 22.5 Å². The number of hydrogen-bond donors (Lipinski definition) is 0. The third kappa shape index (κ3) is 4.25. The maximum atomic E-state index is 5.97. The lowest BCUT2D eigenvalue weighted by molar-refractivity contribution is 0.228. The summed E-state index contributed by atoms with van der Waals surface area (Å²) >= 11 is 1.82. The predicted molar refractivity (Wildman–Crippen MR) is 115 cm³/mol. The Bertz CT molecular complexity index is 823. The molecule has 1 fully saturated rings. The van der Waals surface area contributed by atoms with Gasteiger partial charge in [-0.1, -0.05) is 17.8 Å². The topological polar surface area (TPSA) is 59.3 Å². The SMILES string of the molecule is COc1cc(C)nc(OC[C@@H]2CCN(C(C)C3=NC4N=C(C)SC4C=C3)C2)c1. The summed E-state index contributed by atoms with van der Waals surface area (Å²) in [6.07, 6.45) is 5.65. The molecule has 0 N–H and O–H groups in total. The van der Waals surface area contributed by atoms with E-state index in [1.807, 2.05) is 30.8 Å². The Hall–Kier alpha value is -1.86. The molecule has 1 aromatic rings. The van der Waals surface area contributed by atoms with Crippen molar-refractivity contribution in [3.05, 3.63) is 30.0 Å². The minimum Gasteiger partial charge on any atom is -0.496 e. The average Bonchev–Trinajstić information content (AvgIpc) is 3.30. The van der Waals surface area contributed by atoms with Gasteiger partial charge in [0.1, 0.15) is 5.75 Å². The predicted octanol–water partition coefficient (Wildman–Crippen LogP) is 3.36. The Labute approximate surface area is 171 Å². The second kappa shape index (κ2) is 8.25. The van der Waals surface area contributed by atoms with Gasteiger partial charge in [0.2, 0.25) is 5.88 Å². The van der Waals surface area contributed by atoms with Gasteiger partial charge >= 0.3 is 0 Å². The minimum atomic E-state index is 0.0663. The number of pyridine rings is 1. The first-order chi connectivity index (χ1) is 13.5. The number of dihydropyridines is 1. The second-order valence-electron chi connectivity index (χ2n) is 7.68. The zero-order valence-corrected chi connectivity index (χ0v) is 17.8. The number of nitrogens with zero attached hydrogens (tertiary/aromatic N) is 4. The van der Waals surface area contributed by atoms with Gasteiger partial charge in [0.25, 0.3) is 0 Å². The number of aliphatic imine (C=N–C) groups is 2. The van der Waals surface area contributed by atoms with Crippen LogP contribution in [0.1, 0.15) is 26.0 Å². The fourth-order valence-electron chi connectivity index (χ4n) is 3.97. The van der Waals surface area contributed by atoms with E-state index in [4.69, 9.17) is 14.5 Å². The van der Waals surface area contributed by atoms with Crippen LogP contribution in [0.3, 0.4) is 0 Å². The molecule has 28 heavy (non-hydrogen) atoms. The molecule has 4 rings (SSSR count). The van der Waals surface area contributed by atoms with Crippen LogP contribution in [0.5, 0.6) is 11.6 Å². The van der Waals surface area contributed by atoms with Gasteiger partial charge in [-0.05, 0) is 39.8 Å². The number of aryl methyl sites for hydroxylation is 1. The summed E-state index contributed by atoms with van der Waals surface area (Å²) in [5.74, 6) is 1.92. The van der Waals surface area contributed by atoms with E-state index >= 15 is 0 Å². The Morgan fingerprint density at radius 2 is 2.14 bits per heavy atom. The smallest absolute Gasteiger partial charge is 0.217 e. The molecule has 0 aromatic carbocycles. The van der Waals surface area contributed by atoms with Gasteiger partial charge in [0, 0.05) is 36.3 Å². The monoisotopic (exact) mass is 400 g/mol. The van der Waals surface area contributed by atoms with Gasteiger partial charge in [0.05, 0.1) is 29.7 Å². The molecule has 1 aromatic heterocycles. The lowest BCUT2D eigenvalue weighted by Gasteiger charge is -2.27. The molecule has 0 amide bonds. The fourth-order valence-corrected chi connectivity index (χ4v) is 4.93. The van der Waals surface area contributed by atoms with Crippen LogP contribution in [-0.2, 0) is 0 Å². The number of hydrogen-bond acceptors (Lipinski definition) is 7. The summed E-state index contributed by atoms with van der Waals surface area (Å²) in [4.78, 5) is 16.5. The van der Waals surface area contributed by atoms with Crippen LogP contribution in [0.4, 0.5) is 0 Å². The highest BCUT2D eigenvalue weighted by Gasteiger charge is 2.33. The first kappa shape index (κ1) is 19.5. The summed E-state index contributed by atoms with van der Waals surface area (Å²) in [6.45, 7) is 9.03. The summed E-state index contributed by atoms with van der Waals surface area (Å²) in [5.41, 5.74) is 2.05. The van der Waals surface area contributed by atoms with Crippen molar-refractivity contribution in [3.63, 3.8) is 0 Å². The van der Waals surface area contributed by atoms with Gasteiger partial charge in [-0.3, -0.25) is 14.9 Å². The second-order valence-corrected chi connectivity index (χ2v) is 9.05. The van der Waals surface area contributed by atoms with Gasteiger partial charge in [-0.2, -0.15) is 0 Å².